The molecule has 2 aromatic heterocycles. The van der Waals surface area contributed by atoms with Crippen LogP contribution >= 0.6 is 0 Å². The second-order valence-electron chi connectivity index (χ2n) is 10.0. The molecule has 0 unspecified atom stereocenters. The molecule has 204 valence electrons. The van der Waals surface area contributed by atoms with Gasteiger partial charge in [-0.15, -0.1) is 0 Å². The number of carbonyl (C=O) groups excluding carboxylic acids is 1. The molecule has 2 aliphatic rings. The number of pyridine rings is 1. The summed E-state index contributed by atoms with van der Waals surface area (Å²) in [7, 11) is 3.35. The molecule has 2 aromatic carbocycles. The van der Waals surface area contributed by atoms with Crippen LogP contribution < -0.4 is 15.4 Å². The Morgan fingerprint density at radius 2 is 1.90 bits per heavy atom. The van der Waals surface area contributed by atoms with E-state index < -0.39 is 0 Å². The summed E-state index contributed by atoms with van der Waals surface area (Å²) in [6.45, 7) is 5.69. The number of rotatable bonds is 7. The normalized spacial score (nSPS) is 15.8. The maximum absolute atomic E-state index is 9.92. The molecular weight excluding hydrogens is 492 g/mol. The molecule has 9 heteroatoms. The summed E-state index contributed by atoms with van der Waals surface area (Å²) < 4.78 is 12.6. The first-order chi connectivity index (χ1) is 19.1. The summed E-state index contributed by atoms with van der Waals surface area (Å²) >= 11 is 0. The number of likely N-dealkylation sites (tertiary alicyclic amines) is 1. The fourth-order valence-corrected chi connectivity index (χ4v) is 4.98. The second-order valence-corrected chi connectivity index (χ2v) is 10.0. The van der Waals surface area contributed by atoms with Crippen LogP contribution in [0.25, 0.3) is 21.9 Å². The average Bonchev–Trinajstić information content (AvgIpc) is 3.44. The lowest BCUT2D eigenvalue weighted by Gasteiger charge is -2.34. The van der Waals surface area contributed by atoms with E-state index in [1.165, 1.54) is 5.56 Å². The van der Waals surface area contributed by atoms with E-state index in [0.29, 0.717) is 12.1 Å². The Hall–Kier alpha value is -3.95. The number of hydrogen-bond acceptors (Lipinski definition) is 7. The number of benzene rings is 2. The first kappa shape index (κ1) is 26.6. The molecule has 0 saturated carbocycles. The fraction of sp³-hybridized carbons (Fsp3) is 0.367. The van der Waals surface area contributed by atoms with Gasteiger partial charge in [0.15, 0.2) is 0 Å². The van der Waals surface area contributed by atoms with Gasteiger partial charge in [-0.05, 0) is 67.6 Å². The van der Waals surface area contributed by atoms with E-state index in [1.54, 1.807) is 19.1 Å². The molecule has 2 N–H and O–H groups in total. The predicted octanol–water partition coefficient (Wildman–Crippen LogP) is 4.56. The van der Waals surface area contributed by atoms with Crippen molar-refractivity contribution < 1.29 is 14.3 Å². The number of hydrogen-bond donors (Lipinski definition) is 2. The zero-order valence-corrected chi connectivity index (χ0v) is 22.8. The number of fused-ring (bicyclic) bond motifs is 1. The van der Waals surface area contributed by atoms with Crippen molar-refractivity contribution in [3.63, 3.8) is 0 Å². The van der Waals surface area contributed by atoms with E-state index in [4.69, 9.17) is 9.47 Å². The monoisotopic (exact) mass is 528 g/mol. The van der Waals surface area contributed by atoms with Gasteiger partial charge in [0.2, 0.25) is 6.41 Å². The van der Waals surface area contributed by atoms with Crippen LogP contribution in [-0.4, -0.2) is 72.6 Å². The number of methoxy groups -OCH3 is 2. The quantitative estimate of drug-likeness (QED) is 0.340. The van der Waals surface area contributed by atoms with Gasteiger partial charge in [-0.3, -0.25) is 9.48 Å². The van der Waals surface area contributed by atoms with Crippen molar-refractivity contribution in [1.29, 1.82) is 0 Å². The Kier molecular flexibility index (Phi) is 8.39. The molecule has 0 radical (unpaired) electrons. The van der Waals surface area contributed by atoms with Gasteiger partial charge in [0.05, 0.1) is 31.1 Å². The number of amides is 1. The standard InChI is InChI=1S/C25H27N5O.C5H9NO2/c1-17-6-7-23(24(12-17)31-2)29-25-13-22-18(14-27-25)4-3-5-21(22)19-15-28-30(16-19)20-8-10-26-11-9-20;1-8-5-2-6(3-5)4-7/h3-7,12-16,20,26H,8-11H2,1-2H3,(H,27,29);4-5H,2-3H2,1H3. The molecule has 0 spiro atoms. The molecule has 4 heterocycles. The lowest BCUT2D eigenvalue weighted by molar-refractivity contribution is -0.129. The van der Waals surface area contributed by atoms with Crippen molar-refractivity contribution in [3.05, 3.63) is 66.6 Å². The third kappa shape index (κ3) is 6.21. The predicted molar refractivity (Wildman–Crippen MR) is 154 cm³/mol. The van der Waals surface area contributed by atoms with Crippen molar-refractivity contribution in [1.82, 2.24) is 25.0 Å². The first-order valence-corrected chi connectivity index (χ1v) is 13.4. The summed E-state index contributed by atoms with van der Waals surface area (Å²) in [5, 5.41) is 13.8. The molecule has 4 aromatic rings. The smallest absolute Gasteiger partial charge is 0.209 e. The van der Waals surface area contributed by atoms with Crippen LogP contribution in [0.2, 0.25) is 0 Å². The lowest BCUT2D eigenvalue weighted by Crippen LogP contribution is -2.50. The van der Waals surface area contributed by atoms with Crippen LogP contribution in [0.1, 0.15) is 24.4 Å². The summed E-state index contributed by atoms with van der Waals surface area (Å²) in [4.78, 5) is 16.2. The van der Waals surface area contributed by atoms with Crippen LogP contribution in [0, 0.1) is 6.92 Å². The van der Waals surface area contributed by atoms with E-state index in [1.807, 2.05) is 24.5 Å². The SMILES string of the molecule is COC1CN(C=O)C1.COc1cc(C)ccc1Nc1cc2c(-c3cnn(C4CCNCC4)c3)cccc2cn1. The summed E-state index contributed by atoms with van der Waals surface area (Å²) in [5.41, 5.74) is 4.35. The molecule has 0 aliphatic carbocycles. The van der Waals surface area contributed by atoms with Crippen LogP contribution in [0.15, 0.2) is 61.1 Å². The Bertz CT molecular complexity index is 1410. The van der Waals surface area contributed by atoms with E-state index in [9.17, 15) is 4.79 Å². The highest BCUT2D eigenvalue weighted by Crippen LogP contribution is 2.33. The van der Waals surface area contributed by atoms with Gasteiger partial charge in [-0.25, -0.2) is 4.98 Å². The third-order valence-electron chi connectivity index (χ3n) is 7.34. The van der Waals surface area contributed by atoms with Crippen molar-refractivity contribution in [2.24, 2.45) is 0 Å². The maximum Gasteiger partial charge on any atom is 0.209 e. The van der Waals surface area contributed by atoms with Crippen LogP contribution in [0.4, 0.5) is 11.5 Å². The number of aromatic nitrogens is 3. The fourth-order valence-electron chi connectivity index (χ4n) is 4.98. The van der Waals surface area contributed by atoms with Gasteiger partial charge in [-0.2, -0.15) is 5.10 Å². The molecule has 39 heavy (non-hydrogen) atoms. The molecule has 0 atom stereocenters. The van der Waals surface area contributed by atoms with Crippen molar-refractivity contribution in [2.45, 2.75) is 31.9 Å². The van der Waals surface area contributed by atoms with Crippen LogP contribution in [-0.2, 0) is 9.53 Å². The third-order valence-corrected chi connectivity index (χ3v) is 7.34. The Morgan fingerprint density at radius 1 is 1.08 bits per heavy atom. The zero-order chi connectivity index (χ0) is 27.2. The highest BCUT2D eigenvalue weighted by atomic mass is 16.5. The number of carbonyl (C=O) groups is 1. The molecule has 2 fully saturated rings. The number of nitrogens with zero attached hydrogens (tertiary/aromatic N) is 4. The van der Waals surface area contributed by atoms with Gasteiger partial charge in [-0.1, -0.05) is 24.3 Å². The summed E-state index contributed by atoms with van der Waals surface area (Å²) in [5.74, 6) is 1.59. The summed E-state index contributed by atoms with van der Waals surface area (Å²) in [6, 6.07) is 15.0. The van der Waals surface area contributed by atoms with Crippen LogP contribution in [0.5, 0.6) is 5.75 Å². The molecule has 1 amide bonds. The van der Waals surface area contributed by atoms with Gasteiger partial charge in [0, 0.05) is 43.5 Å². The van der Waals surface area contributed by atoms with Gasteiger partial charge in [0.1, 0.15) is 11.6 Å². The van der Waals surface area contributed by atoms with Gasteiger partial charge < -0.3 is 25.0 Å². The highest BCUT2D eigenvalue weighted by molar-refractivity contribution is 5.97. The van der Waals surface area contributed by atoms with E-state index >= 15 is 0 Å². The molecule has 2 saturated heterocycles. The van der Waals surface area contributed by atoms with Crippen molar-refractivity contribution in [3.8, 4) is 16.9 Å². The van der Waals surface area contributed by atoms with E-state index in [-0.39, 0.29) is 0 Å². The minimum Gasteiger partial charge on any atom is -0.495 e. The van der Waals surface area contributed by atoms with Crippen molar-refractivity contribution >= 4 is 28.7 Å². The second kappa shape index (κ2) is 12.3. The number of ether oxygens (including phenoxy) is 2. The minimum absolute atomic E-state index is 0.292. The van der Waals surface area contributed by atoms with Crippen molar-refractivity contribution in [2.75, 3.05) is 45.7 Å². The topological polar surface area (TPSA) is 93.5 Å². The molecular formula is C30H36N6O3. The van der Waals surface area contributed by atoms with E-state index in [2.05, 4.69) is 68.9 Å². The molecule has 0 bridgehead atoms. The Balaban J connectivity index is 0.000000332. The molecule has 2 aliphatic heterocycles. The number of piperidine rings is 1. The zero-order valence-electron chi connectivity index (χ0n) is 22.8. The molecule has 9 nitrogen and oxygen atoms in total. The van der Waals surface area contributed by atoms with Crippen LogP contribution in [0.3, 0.4) is 0 Å². The Morgan fingerprint density at radius 3 is 2.64 bits per heavy atom. The first-order valence-electron chi connectivity index (χ1n) is 13.4. The highest BCUT2D eigenvalue weighted by Gasteiger charge is 2.24. The number of anilines is 2. The Labute approximate surface area is 229 Å². The maximum atomic E-state index is 9.92. The average molecular weight is 529 g/mol. The number of nitrogens with one attached hydrogen (secondary N) is 2. The van der Waals surface area contributed by atoms with Gasteiger partial charge >= 0.3 is 0 Å². The largest absolute Gasteiger partial charge is 0.495 e. The van der Waals surface area contributed by atoms with E-state index in [0.717, 1.165) is 84.6 Å². The molecule has 6 rings (SSSR count). The lowest BCUT2D eigenvalue weighted by atomic mass is 10.0. The number of aryl methyl sites for hydroxylation is 1. The summed E-state index contributed by atoms with van der Waals surface area (Å²) in [6.07, 6.45) is 9.45. The van der Waals surface area contributed by atoms with Gasteiger partial charge in [0.25, 0.3) is 0 Å². The minimum atomic E-state index is 0.292.